The molecule has 0 saturated heterocycles. The van der Waals surface area contributed by atoms with E-state index in [1.165, 1.54) is 0 Å². The van der Waals surface area contributed by atoms with Crippen molar-refractivity contribution >= 4 is 11.7 Å². The highest BCUT2D eigenvalue weighted by atomic mass is 16.3. The maximum Gasteiger partial charge on any atom is 0.272 e. The molecule has 0 aromatic carbocycles. The molecule has 0 saturated carbocycles. The van der Waals surface area contributed by atoms with Crippen LogP contribution in [0.15, 0.2) is 34.7 Å². The van der Waals surface area contributed by atoms with Gasteiger partial charge in [-0.15, -0.1) is 0 Å². The number of rotatable bonds is 5. The Kier molecular flexibility index (Phi) is 4.62. The first-order chi connectivity index (χ1) is 9.95. The Morgan fingerprint density at radius 2 is 2.10 bits per heavy atom. The number of amides is 1. The molecule has 0 unspecified atom stereocenters. The molecule has 5 nitrogen and oxygen atoms in total. The summed E-state index contributed by atoms with van der Waals surface area (Å²) in [6.45, 7) is 6.37. The van der Waals surface area contributed by atoms with Gasteiger partial charge in [0.15, 0.2) is 0 Å². The molecule has 0 bridgehead atoms. The van der Waals surface area contributed by atoms with Gasteiger partial charge in [-0.05, 0) is 45.0 Å². The highest BCUT2D eigenvalue weighted by Gasteiger charge is 2.15. The van der Waals surface area contributed by atoms with E-state index >= 15 is 0 Å². The molecule has 1 amide bonds. The number of carbonyl (C=O) groups excluding carboxylic acids is 1. The van der Waals surface area contributed by atoms with Gasteiger partial charge in [-0.1, -0.05) is 6.07 Å². The van der Waals surface area contributed by atoms with E-state index in [9.17, 15) is 4.79 Å². The third kappa shape index (κ3) is 4.08. The molecule has 2 rings (SSSR count). The van der Waals surface area contributed by atoms with E-state index in [1.807, 2.05) is 45.0 Å². The summed E-state index contributed by atoms with van der Waals surface area (Å²) < 4.78 is 5.49. The van der Waals surface area contributed by atoms with Gasteiger partial charge in [-0.3, -0.25) is 4.79 Å². The van der Waals surface area contributed by atoms with Crippen LogP contribution in [0.25, 0.3) is 0 Å². The van der Waals surface area contributed by atoms with Crippen molar-refractivity contribution in [2.75, 3.05) is 12.4 Å². The molecule has 112 valence electrons. The topological polar surface area (TPSA) is 58.4 Å². The Bertz CT molecular complexity index is 619. The smallest absolute Gasteiger partial charge is 0.272 e. The number of aryl methyl sites for hydroxylation is 1. The Balaban J connectivity index is 2.08. The molecule has 0 atom stereocenters. The first-order valence-electron chi connectivity index (χ1n) is 7.00. The largest absolute Gasteiger partial charge is 0.464 e. The zero-order valence-electron chi connectivity index (χ0n) is 12.9. The lowest BCUT2D eigenvalue weighted by molar-refractivity contribution is 0.0769. The minimum atomic E-state index is -0.128. The summed E-state index contributed by atoms with van der Waals surface area (Å²) in [7, 11) is 1.74. The third-order valence-corrected chi connectivity index (χ3v) is 2.94. The van der Waals surface area contributed by atoms with Crippen LogP contribution in [0.4, 0.5) is 5.82 Å². The minimum Gasteiger partial charge on any atom is -0.464 e. The minimum absolute atomic E-state index is 0.128. The second-order valence-electron chi connectivity index (χ2n) is 5.38. The molecule has 0 aliphatic carbocycles. The quantitative estimate of drug-likeness (QED) is 0.918. The van der Waals surface area contributed by atoms with Gasteiger partial charge in [0.25, 0.3) is 5.91 Å². The molecule has 0 aliphatic rings. The number of furan rings is 1. The molecule has 5 heteroatoms. The zero-order chi connectivity index (χ0) is 15.4. The second kappa shape index (κ2) is 6.43. The summed E-state index contributed by atoms with van der Waals surface area (Å²) in [4.78, 5) is 18.3. The van der Waals surface area contributed by atoms with Crippen molar-refractivity contribution in [2.45, 2.75) is 33.4 Å². The van der Waals surface area contributed by atoms with Gasteiger partial charge in [0, 0.05) is 13.1 Å². The molecule has 0 radical (unpaired) electrons. The van der Waals surface area contributed by atoms with Gasteiger partial charge < -0.3 is 14.6 Å². The van der Waals surface area contributed by atoms with Gasteiger partial charge in [0.05, 0.1) is 6.54 Å². The molecule has 0 aliphatic heterocycles. The van der Waals surface area contributed by atoms with Crippen molar-refractivity contribution in [1.29, 1.82) is 0 Å². The fourth-order valence-corrected chi connectivity index (χ4v) is 2.00. The molecule has 0 fully saturated rings. The Labute approximate surface area is 125 Å². The lowest BCUT2D eigenvalue weighted by Crippen LogP contribution is -2.27. The number of carbonyl (C=O) groups is 1. The van der Waals surface area contributed by atoms with E-state index in [1.54, 1.807) is 18.0 Å². The van der Waals surface area contributed by atoms with E-state index in [2.05, 4.69) is 10.3 Å². The maximum atomic E-state index is 12.4. The average molecular weight is 287 g/mol. The highest BCUT2D eigenvalue weighted by molar-refractivity contribution is 5.92. The number of aromatic nitrogens is 1. The van der Waals surface area contributed by atoms with Crippen LogP contribution in [0.2, 0.25) is 0 Å². The molecule has 21 heavy (non-hydrogen) atoms. The fraction of sp³-hybridized carbons (Fsp3) is 0.375. The average Bonchev–Trinajstić information content (AvgIpc) is 2.82. The molecule has 0 spiro atoms. The normalized spacial score (nSPS) is 10.7. The van der Waals surface area contributed by atoms with Gasteiger partial charge in [0.2, 0.25) is 0 Å². The number of hydrogen-bond acceptors (Lipinski definition) is 4. The van der Waals surface area contributed by atoms with Crippen molar-refractivity contribution in [3.63, 3.8) is 0 Å². The first-order valence-corrected chi connectivity index (χ1v) is 7.00. The SMILES string of the molecule is Cc1ccc(CN(C)C(=O)c2cccc(NC(C)C)n2)o1. The van der Waals surface area contributed by atoms with Gasteiger partial charge in [-0.2, -0.15) is 0 Å². The van der Waals surface area contributed by atoms with Crippen LogP contribution >= 0.6 is 0 Å². The highest BCUT2D eigenvalue weighted by Crippen LogP contribution is 2.12. The Morgan fingerprint density at radius 1 is 1.33 bits per heavy atom. The maximum absolute atomic E-state index is 12.4. The van der Waals surface area contributed by atoms with Crippen LogP contribution in [0.3, 0.4) is 0 Å². The van der Waals surface area contributed by atoms with Crippen molar-refractivity contribution in [1.82, 2.24) is 9.88 Å². The number of anilines is 1. The summed E-state index contributed by atoms with van der Waals surface area (Å²) in [5.74, 6) is 2.18. The number of pyridine rings is 1. The predicted octanol–water partition coefficient (Wildman–Crippen LogP) is 3.08. The number of hydrogen-bond donors (Lipinski definition) is 1. The van der Waals surface area contributed by atoms with Gasteiger partial charge >= 0.3 is 0 Å². The van der Waals surface area contributed by atoms with Gasteiger partial charge in [0.1, 0.15) is 23.0 Å². The predicted molar refractivity (Wildman–Crippen MR) is 82.2 cm³/mol. The molecule has 2 aromatic rings. The van der Waals surface area contributed by atoms with E-state index < -0.39 is 0 Å². The lowest BCUT2D eigenvalue weighted by atomic mass is 10.3. The molecule has 2 aromatic heterocycles. The number of nitrogens with one attached hydrogen (secondary N) is 1. The molecular formula is C16H21N3O2. The van der Waals surface area contributed by atoms with E-state index in [0.717, 1.165) is 11.5 Å². The Hall–Kier alpha value is -2.30. The van der Waals surface area contributed by atoms with E-state index in [0.29, 0.717) is 18.1 Å². The summed E-state index contributed by atoms with van der Waals surface area (Å²) in [6.07, 6.45) is 0. The zero-order valence-corrected chi connectivity index (χ0v) is 12.9. The van der Waals surface area contributed by atoms with E-state index in [-0.39, 0.29) is 11.9 Å². The van der Waals surface area contributed by atoms with Gasteiger partial charge in [-0.25, -0.2) is 4.98 Å². The Morgan fingerprint density at radius 3 is 2.71 bits per heavy atom. The van der Waals surface area contributed by atoms with Crippen molar-refractivity contribution in [3.05, 3.63) is 47.5 Å². The van der Waals surface area contributed by atoms with Crippen molar-refractivity contribution in [3.8, 4) is 0 Å². The second-order valence-corrected chi connectivity index (χ2v) is 5.38. The van der Waals surface area contributed by atoms with E-state index in [4.69, 9.17) is 4.42 Å². The lowest BCUT2D eigenvalue weighted by Gasteiger charge is -2.16. The molecular weight excluding hydrogens is 266 g/mol. The standard InChI is InChI=1S/C16H21N3O2/c1-11(2)17-15-7-5-6-14(18-15)16(20)19(4)10-13-9-8-12(3)21-13/h5-9,11H,10H2,1-4H3,(H,17,18). The fourth-order valence-electron chi connectivity index (χ4n) is 2.00. The van der Waals surface area contributed by atoms with Crippen molar-refractivity contribution in [2.24, 2.45) is 0 Å². The van der Waals surface area contributed by atoms with Crippen LogP contribution in [0, 0.1) is 6.92 Å². The van der Waals surface area contributed by atoms with Crippen LogP contribution < -0.4 is 5.32 Å². The third-order valence-electron chi connectivity index (χ3n) is 2.94. The first kappa shape index (κ1) is 15.1. The monoisotopic (exact) mass is 287 g/mol. The van der Waals surface area contributed by atoms with Crippen LogP contribution in [-0.2, 0) is 6.54 Å². The summed E-state index contributed by atoms with van der Waals surface area (Å²) >= 11 is 0. The summed E-state index contributed by atoms with van der Waals surface area (Å²) in [6, 6.07) is 9.44. The summed E-state index contributed by atoms with van der Waals surface area (Å²) in [5, 5.41) is 3.19. The summed E-state index contributed by atoms with van der Waals surface area (Å²) in [5.41, 5.74) is 0.423. The van der Waals surface area contributed by atoms with Crippen molar-refractivity contribution < 1.29 is 9.21 Å². The van der Waals surface area contributed by atoms with Crippen LogP contribution in [-0.4, -0.2) is 28.9 Å². The van der Waals surface area contributed by atoms with Crippen LogP contribution in [0.1, 0.15) is 35.9 Å². The molecule has 2 heterocycles. The molecule has 1 N–H and O–H groups in total. The van der Waals surface area contributed by atoms with Crippen LogP contribution in [0.5, 0.6) is 0 Å². The number of nitrogens with zero attached hydrogens (tertiary/aromatic N) is 2.